The summed E-state index contributed by atoms with van der Waals surface area (Å²) in [5.74, 6) is 1.34. The van der Waals surface area contributed by atoms with Gasteiger partial charge in [0.15, 0.2) is 6.10 Å². The summed E-state index contributed by atoms with van der Waals surface area (Å²) in [6.07, 6.45) is 1.46. The second-order valence-electron chi connectivity index (χ2n) is 5.43. The molecule has 0 unspecified atom stereocenters. The van der Waals surface area contributed by atoms with Crippen molar-refractivity contribution in [3.63, 3.8) is 0 Å². The maximum Gasteiger partial charge on any atom is 0.263 e. The number of nitrogens with zero attached hydrogens (tertiary/aromatic N) is 2. The van der Waals surface area contributed by atoms with E-state index in [-0.39, 0.29) is 5.91 Å². The number of amides is 1. The van der Waals surface area contributed by atoms with Crippen molar-refractivity contribution in [1.29, 1.82) is 0 Å². The number of thioether (sulfide) groups is 1. The first-order chi connectivity index (χ1) is 10.9. The number of carbonyl (C=O) groups is 1. The standard InChI is InChI=1S/C17H22N2O3S/c1-11-16(12(2)22-18-11)10-19(4)17(20)13(3)21-14-6-8-15(23-5)9-7-14/h6-9,13H,10H2,1-5H3/t13-/m0/s1. The maximum absolute atomic E-state index is 12.5. The molecule has 0 saturated carbocycles. The molecule has 0 N–H and O–H groups in total. The normalized spacial score (nSPS) is 12.0. The zero-order valence-electron chi connectivity index (χ0n) is 14.1. The topological polar surface area (TPSA) is 55.6 Å². The van der Waals surface area contributed by atoms with Crippen molar-refractivity contribution in [2.45, 2.75) is 38.3 Å². The van der Waals surface area contributed by atoms with Gasteiger partial charge >= 0.3 is 0 Å². The molecule has 6 heteroatoms. The van der Waals surface area contributed by atoms with E-state index in [2.05, 4.69) is 5.16 Å². The summed E-state index contributed by atoms with van der Waals surface area (Å²) in [5.41, 5.74) is 1.75. The summed E-state index contributed by atoms with van der Waals surface area (Å²) in [6, 6.07) is 7.71. The van der Waals surface area contributed by atoms with Crippen LogP contribution in [0.25, 0.3) is 0 Å². The van der Waals surface area contributed by atoms with Gasteiger partial charge in [0.25, 0.3) is 5.91 Å². The first-order valence-corrected chi connectivity index (χ1v) is 8.62. The molecule has 23 heavy (non-hydrogen) atoms. The Morgan fingerprint density at radius 2 is 2.00 bits per heavy atom. The van der Waals surface area contributed by atoms with Gasteiger partial charge in [-0.2, -0.15) is 0 Å². The van der Waals surface area contributed by atoms with Gasteiger partial charge in [-0.1, -0.05) is 5.16 Å². The minimum absolute atomic E-state index is 0.0843. The zero-order valence-corrected chi connectivity index (χ0v) is 14.9. The number of aromatic nitrogens is 1. The van der Waals surface area contributed by atoms with Gasteiger partial charge in [-0.25, -0.2) is 0 Å². The Hall–Kier alpha value is -1.95. The van der Waals surface area contributed by atoms with Crippen LogP contribution in [0.15, 0.2) is 33.7 Å². The molecule has 1 amide bonds. The number of hydrogen-bond acceptors (Lipinski definition) is 5. The van der Waals surface area contributed by atoms with E-state index in [9.17, 15) is 4.79 Å². The maximum atomic E-state index is 12.5. The van der Waals surface area contributed by atoms with Crippen molar-refractivity contribution in [2.24, 2.45) is 0 Å². The molecule has 1 aromatic heterocycles. The Balaban J connectivity index is 1.98. The quantitative estimate of drug-likeness (QED) is 0.758. The van der Waals surface area contributed by atoms with Gasteiger partial charge in [0, 0.05) is 17.5 Å². The van der Waals surface area contributed by atoms with Gasteiger partial charge in [0.2, 0.25) is 0 Å². The number of rotatable bonds is 6. The molecule has 1 aromatic carbocycles. The highest BCUT2D eigenvalue weighted by Gasteiger charge is 2.21. The molecule has 0 aliphatic rings. The fourth-order valence-electron chi connectivity index (χ4n) is 2.26. The van der Waals surface area contributed by atoms with Crippen LogP contribution in [0.2, 0.25) is 0 Å². The Bertz CT molecular complexity index is 647. The largest absolute Gasteiger partial charge is 0.481 e. The predicted molar refractivity (Wildman–Crippen MR) is 90.8 cm³/mol. The van der Waals surface area contributed by atoms with Crippen molar-refractivity contribution in [3.8, 4) is 5.75 Å². The molecule has 124 valence electrons. The molecule has 0 spiro atoms. The molecule has 0 radical (unpaired) electrons. The third-order valence-corrected chi connectivity index (χ3v) is 4.42. The molecule has 0 saturated heterocycles. The molecule has 2 rings (SSSR count). The van der Waals surface area contributed by atoms with Crippen LogP contribution >= 0.6 is 11.8 Å². The average molecular weight is 334 g/mol. The lowest BCUT2D eigenvalue weighted by atomic mass is 10.2. The molecule has 0 bridgehead atoms. The average Bonchev–Trinajstić information content (AvgIpc) is 2.86. The summed E-state index contributed by atoms with van der Waals surface area (Å²) < 4.78 is 10.9. The lowest BCUT2D eigenvalue weighted by Crippen LogP contribution is -2.37. The monoisotopic (exact) mass is 334 g/mol. The van der Waals surface area contributed by atoms with Crippen LogP contribution in [0.5, 0.6) is 5.75 Å². The Kier molecular flexibility index (Phi) is 5.71. The lowest BCUT2D eigenvalue weighted by molar-refractivity contribution is -0.137. The molecule has 5 nitrogen and oxygen atoms in total. The van der Waals surface area contributed by atoms with E-state index >= 15 is 0 Å². The Morgan fingerprint density at radius 1 is 1.35 bits per heavy atom. The number of hydrogen-bond donors (Lipinski definition) is 0. The van der Waals surface area contributed by atoms with E-state index in [1.54, 1.807) is 30.6 Å². The summed E-state index contributed by atoms with van der Waals surface area (Å²) in [5, 5.41) is 3.91. The second-order valence-corrected chi connectivity index (χ2v) is 6.31. The number of benzene rings is 1. The molecule has 0 aliphatic carbocycles. The number of likely N-dealkylation sites (N-methyl/N-ethyl adjacent to an activating group) is 1. The smallest absolute Gasteiger partial charge is 0.263 e. The first-order valence-electron chi connectivity index (χ1n) is 7.39. The molecular formula is C17H22N2O3S. The van der Waals surface area contributed by atoms with Crippen LogP contribution in [0.1, 0.15) is 23.9 Å². The molecule has 2 aromatic rings. The highest BCUT2D eigenvalue weighted by atomic mass is 32.2. The summed E-state index contributed by atoms with van der Waals surface area (Å²) >= 11 is 1.67. The molecule has 1 atom stereocenters. The number of aryl methyl sites for hydroxylation is 2. The van der Waals surface area contributed by atoms with E-state index in [1.165, 1.54) is 0 Å². The van der Waals surface area contributed by atoms with Crippen LogP contribution in [0.3, 0.4) is 0 Å². The predicted octanol–water partition coefficient (Wildman–Crippen LogP) is 3.44. The highest BCUT2D eigenvalue weighted by molar-refractivity contribution is 7.98. The third kappa shape index (κ3) is 4.28. The zero-order chi connectivity index (χ0) is 17.0. The summed E-state index contributed by atoms with van der Waals surface area (Å²) in [6.45, 7) is 5.94. The van der Waals surface area contributed by atoms with Crippen molar-refractivity contribution in [2.75, 3.05) is 13.3 Å². The molecule has 1 heterocycles. The molecule has 0 fully saturated rings. The fraction of sp³-hybridized carbons (Fsp3) is 0.412. The first kappa shape index (κ1) is 17.4. The molecular weight excluding hydrogens is 312 g/mol. The SMILES string of the molecule is CSc1ccc(O[C@@H](C)C(=O)N(C)Cc2c(C)noc2C)cc1. The van der Waals surface area contributed by atoms with Crippen LogP contribution in [-0.4, -0.2) is 35.4 Å². The van der Waals surface area contributed by atoms with Gasteiger partial charge in [-0.05, 0) is 51.3 Å². The van der Waals surface area contributed by atoms with Crippen molar-refractivity contribution >= 4 is 17.7 Å². The fourth-order valence-corrected chi connectivity index (χ4v) is 2.67. The van der Waals surface area contributed by atoms with E-state index in [0.717, 1.165) is 21.9 Å². The van der Waals surface area contributed by atoms with Gasteiger partial charge < -0.3 is 14.2 Å². The van der Waals surface area contributed by atoms with Crippen LogP contribution in [0.4, 0.5) is 0 Å². The summed E-state index contributed by atoms with van der Waals surface area (Å²) in [7, 11) is 1.75. The van der Waals surface area contributed by atoms with Gasteiger partial charge in [-0.15, -0.1) is 11.8 Å². The minimum Gasteiger partial charge on any atom is -0.481 e. The van der Waals surface area contributed by atoms with Crippen LogP contribution in [-0.2, 0) is 11.3 Å². The van der Waals surface area contributed by atoms with Crippen molar-refractivity contribution in [1.82, 2.24) is 10.1 Å². The van der Waals surface area contributed by atoms with Gasteiger partial charge in [0.05, 0.1) is 12.2 Å². The van der Waals surface area contributed by atoms with Crippen LogP contribution < -0.4 is 4.74 Å². The third-order valence-electron chi connectivity index (χ3n) is 3.67. The van der Waals surface area contributed by atoms with E-state index < -0.39 is 6.10 Å². The Morgan fingerprint density at radius 3 is 2.52 bits per heavy atom. The Labute approximate surface area is 141 Å². The van der Waals surface area contributed by atoms with Crippen molar-refractivity contribution in [3.05, 3.63) is 41.3 Å². The lowest BCUT2D eigenvalue weighted by Gasteiger charge is -2.22. The highest BCUT2D eigenvalue weighted by Crippen LogP contribution is 2.20. The molecule has 0 aliphatic heterocycles. The number of ether oxygens (including phenoxy) is 1. The van der Waals surface area contributed by atoms with Gasteiger partial charge in [0.1, 0.15) is 11.5 Å². The van der Waals surface area contributed by atoms with E-state index in [0.29, 0.717) is 12.3 Å². The minimum atomic E-state index is -0.555. The number of carbonyl (C=O) groups excluding carboxylic acids is 1. The van der Waals surface area contributed by atoms with Gasteiger partial charge in [-0.3, -0.25) is 4.79 Å². The van der Waals surface area contributed by atoms with E-state index in [1.807, 2.05) is 44.4 Å². The van der Waals surface area contributed by atoms with Crippen molar-refractivity contribution < 1.29 is 14.1 Å². The van der Waals surface area contributed by atoms with E-state index in [4.69, 9.17) is 9.26 Å². The summed E-state index contributed by atoms with van der Waals surface area (Å²) in [4.78, 5) is 15.3. The van der Waals surface area contributed by atoms with Crippen LogP contribution in [0, 0.1) is 13.8 Å². The second kappa shape index (κ2) is 7.55.